The molecule has 160 valence electrons. The fourth-order valence-electron chi connectivity index (χ4n) is 4.75. The maximum absolute atomic E-state index is 13.1. The Morgan fingerprint density at radius 2 is 1.90 bits per heavy atom. The second-order valence-electron chi connectivity index (χ2n) is 8.78. The summed E-state index contributed by atoms with van der Waals surface area (Å²) >= 11 is 0. The van der Waals surface area contributed by atoms with Gasteiger partial charge in [0.15, 0.2) is 0 Å². The Morgan fingerprint density at radius 3 is 2.70 bits per heavy atom. The molecule has 5 nitrogen and oxygen atoms in total. The van der Waals surface area contributed by atoms with Crippen molar-refractivity contribution < 1.29 is 9.53 Å². The van der Waals surface area contributed by atoms with Crippen molar-refractivity contribution in [1.29, 1.82) is 0 Å². The second-order valence-corrected chi connectivity index (χ2v) is 8.78. The highest BCUT2D eigenvalue weighted by atomic mass is 16.5. The van der Waals surface area contributed by atoms with E-state index in [4.69, 9.17) is 9.72 Å². The van der Waals surface area contributed by atoms with E-state index in [1.807, 2.05) is 12.1 Å². The lowest BCUT2D eigenvalue weighted by atomic mass is 9.90. The molecule has 30 heavy (non-hydrogen) atoms. The highest BCUT2D eigenvalue weighted by Gasteiger charge is 2.31. The van der Waals surface area contributed by atoms with Crippen LogP contribution in [0.15, 0.2) is 42.5 Å². The predicted molar refractivity (Wildman–Crippen MR) is 119 cm³/mol. The number of nitrogens with zero attached hydrogens (tertiary/aromatic N) is 3. The minimum absolute atomic E-state index is 0.201. The number of hydrogen-bond acceptors (Lipinski definition) is 4. The molecule has 2 fully saturated rings. The third-order valence-electron chi connectivity index (χ3n) is 6.57. The summed E-state index contributed by atoms with van der Waals surface area (Å²) in [5.41, 5.74) is 3.39. The first kappa shape index (κ1) is 20.9. The Morgan fingerprint density at radius 1 is 1.10 bits per heavy atom. The number of amides is 1. The quantitative estimate of drug-likeness (QED) is 0.758. The van der Waals surface area contributed by atoms with Crippen LogP contribution in [0.2, 0.25) is 0 Å². The number of aromatic nitrogens is 1. The molecule has 0 bridgehead atoms. The maximum atomic E-state index is 13.1. The molecule has 0 unspecified atom stereocenters. The van der Waals surface area contributed by atoms with E-state index in [0.717, 1.165) is 75.4 Å². The van der Waals surface area contributed by atoms with Gasteiger partial charge in [0.1, 0.15) is 5.75 Å². The van der Waals surface area contributed by atoms with Gasteiger partial charge in [-0.2, -0.15) is 0 Å². The molecule has 2 aliphatic heterocycles. The van der Waals surface area contributed by atoms with Gasteiger partial charge in [-0.25, -0.2) is 0 Å². The Labute approximate surface area is 180 Å². The number of piperidine rings is 2. The van der Waals surface area contributed by atoms with Crippen molar-refractivity contribution in [2.45, 2.75) is 38.0 Å². The van der Waals surface area contributed by atoms with E-state index in [1.165, 1.54) is 5.56 Å². The average Bonchev–Trinajstić information content (AvgIpc) is 2.79. The van der Waals surface area contributed by atoms with E-state index in [-0.39, 0.29) is 5.92 Å². The number of hydrogen-bond donors (Lipinski definition) is 0. The molecule has 5 heteroatoms. The van der Waals surface area contributed by atoms with Gasteiger partial charge >= 0.3 is 0 Å². The fourth-order valence-corrected chi connectivity index (χ4v) is 4.75. The van der Waals surface area contributed by atoms with Gasteiger partial charge in [0.2, 0.25) is 5.91 Å². The minimum atomic E-state index is 0.201. The van der Waals surface area contributed by atoms with E-state index < -0.39 is 0 Å². The number of carbonyl (C=O) groups is 1. The SMILES string of the molecule is COc1cccc(Cc2cccc([C@@H]3CCCN(C(=O)C4CCN(C)CC4)C3)n2)c1. The molecular weight excluding hydrogens is 374 g/mol. The lowest BCUT2D eigenvalue weighted by Crippen LogP contribution is -2.45. The van der Waals surface area contributed by atoms with E-state index >= 15 is 0 Å². The van der Waals surface area contributed by atoms with Gasteiger partial charge in [0.25, 0.3) is 0 Å². The van der Waals surface area contributed by atoms with Crippen LogP contribution in [-0.2, 0) is 11.2 Å². The summed E-state index contributed by atoms with van der Waals surface area (Å²) in [7, 11) is 3.83. The highest BCUT2D eigenvalue weighted by Crippen LogP contribution is 2.29. The van der Waals surface area contributed by atoms with Crippen molar-refractivity contribution in [3.8, 4) is 5.75 Å². The van der Waals surface area contributed by atoms with Gasteiger partial charge in [-0.1, -0.05) is 18.2 Å². The molecule has 0 radical (unpaired) electrons. The number of ether oxygens (including phenoxy) is 1. The number of methoxy groups -OCH3 is 1. The Balaban J connectivity index is 1.42. The van der Waals surface area contributed by atoms with Gasteiger partial charge in [0.05, 0.1) is 7.11 Å². The van der Waals surface area contributed by atoms with Crippen LogP contribution in [0.25, 0.3) is 0 Å². The minimum Gasteiger partial charge on any atom is -0.497 e. The second kappa shape index (κ2) is 9.61. The fraction of sp³-hybridized carbons (Fsp3) is 0.520. The first-order chi connectivity index (χ1) is 14.6. The summed E-state index contributed by atoms with van der Waals surface area (Å²) in [6.07, 6.45) is 4.93. The summed E-state index contributed by atoms with van der Waals surface area (Å²) < 4.78 is 5.34. The number of rotatable bonds is 5. The average molecular weight is 408 g/mol. The lowest BCUT2D eigenvalue weighted by Gasteiger charge is -2.37. The molecule has 0 aliphatic carbocycles. The van der Waals surface area contributed by atoms with E-state index in [1.54, 1.807) is 7.11 Å². The molecule has 0 N–H and O–H groups in total. The summed E-state index contributed by atoms with van der Waals surface area (Å²) in [6.45, 7) is 3.76. The normalized spacial score (nSPS) is 20.9. The summed E-state index contributed by atoms with van der Waals surface area (Å²) in [5.74, 6) is 1.77. The summed E-state index contributed by atoms with van der Waals surface area (Å²) in [4.78, 5) is 22.5. The molecule has 0 saturated carbocycles. The molecule has 2 aliphatic rings. The predicted octanol–water partition coefficient (Wildman–Crippen LogP) is 3.73. The van der Waals surface area contributed by atoms with Crippen LogP contribution in [0.4, 0.5) is 0 Å². The monoisotopic (exact) mass is 407 g/mol. The van der Waals surface area contributed by atoms with Gasteiger partial charge in [-0.3, -0.25) is 9.78 Å². The largest absolute Gasteiger partial charge is 0.497 e. The number of pyridine rings is 1. The molecule has 2 saturated heterocycles. The van der Waals surface area contributed by atoms with Gasteiger partial charge in [-0.15, -0.1) is 0 Å². The molecular formula is C25H33N3O2. The van der Waals surface area contributed by atoms with E-state index in [0.29, 0.717) is 11.8 Å². The number of benzene rings is 1. The van der Waals surface area contributed by atoms with E-state index in [9.17, 15) is 4.79 Å². The summed E-state index contributed by atoms with van der Waals surface area (Å²) in [6, 6.07) is 14.5. The molecule has 3 heterocycles. The van der Waals surface area contributed by atoms with Crippen LogP contribution >= 0.6 is 0 Å². The van der Waals surface area contributed by atoms with Crippen LogP contribution in [0.5, 0.6) is 5.75 Å². The Bertz CT molecular complexity index is 861. The molecule has 1 atom stereocenters. The van der Waals surface area contributed by atoms with Gasteiger partial charge < -0.3 is 14.5 Å². The summed E-state index contributed by atoms with van der Waals surface area (Å²) in [5, 5.41) is 0. The number of likely N-dealkylation sites (tertiary alicyclic amines) is 2. The molecule has 4 rings (SSSR count). The van der Waals surface area contributed by atoms with Crippen LogP contribution in [0.3, 0.4) is 0 Å². The zero-order chi connectivity index (χ0) is 20.9. The van der Waals surface area contributed by atoms with Crippen LogP contribution < -0.4 is 4.74 Å². The lowest BCUT2D eigenvalue weighted by molar-refractivity contribution is -0.138. The zero-order valence-electron chi connectivity index (χ0n) is 18.2. The first-order valence-electron chi connectivity index (χ1n) is 11.2. The standard InChI is InChI=1S/C25H33N3O2/c1-27-14-11-20(12-15-27)25(29)28-13-5-7-21(18-28)24-10-4-8-22(26-24)16-19-6-3-9-23(17-19)30-2/h3-4,6,8-10,17,20-21H,5,7,11-16,18H2,1-2H3/t21-/m1/s1. The molecule has 0 spiro atoms. The number of carbonyl (C=O) groups excluding carboxylic acids is 1. The molecule has 1 amide bonds. The van der Waals surface area contributed by atoms with E-state index in [2.05, 4.69) is 47.2 Å². The van der Waals surface area contributed by atoms with Gasteiger partial charge in [0, 0.05) is 42.7 Å². The Kier molecular flexibility index (Phi) is 6.68. The first-order valence-corrected chi connectivity index (χ1v) is 11.2. The Hall–Kier alpha value is -2.40. The third-order valence-corrected chi connectivity index (χ3v) is 6.57. The molecule has 2 aromatic rings. The third kappa shape index (κ3) is 5.01. The molecule has 1 aromatic carbocycles. The molecule has 1 aromatic heterocycles. The maximum Gasteiger partial charge on any atom is 0.225 e. The highest BCUT2D eigenvalue weighted by molar-refractivity contribution is 5.79. The van der Waals surface area contributed by atoms with Crippen molar-refractivity contribution >= 4 is 5.91 Å². The van der Waals surface area contributed by atoms with Crippen molar-refractivity contribution in [2.75, 3.05) is 40.3 Å². The van der Waals surface area contributed by atoms with Crippen molar-refractivity contribution in [1.82, 2.24) is 14.8 Å². The smallest absolute Gasteiger partial charge is 0.225 e. The van der Waals surface area contributed by atoms with Crippen LogP contribution in [0.1, 0.15) is 48.6 Å². The van der Waals surface area contributed by atoms with Gasteiger partial charge in [-0.05, 0) is 75.6 Å². The van der Waals surface area contributed by atoms with Crippen LogP contribution in [0, 0.1) is 5.92 Å². The topological polar surface area (TPSA) is 45.7 Å². The van der Waals surface area contributed by atoms with Crippen molar-refractivity contribution in [2.24, 2.45) is 5.92 Å². The van der Waals surface area contributed by atoms with Crippen LogP contribution in [-0.4, -0.2) is 61.0 Å². The van der Waals surface area contributed by atoms with Crippen molar-refractivity contribution in [3.05, 3.63) is 59.4 Å². The van der Waals surface area contributed by atoms with Crippen molar-refractivity contribution in [3.63, 3.8) is 0 Å². The zero-order valence-corrected chi connectivity index (χ0v) is 18.2.